The van der Waals surface area contributed by atoms with Crippen molar-refractivity contribution in [3.8, 4) is 6.07 Å². The predicted molar refractivity (Wildman–Crippen MR) is 98.4 cm³/mol. The summed E-state index contributed by atoms with van der Waals surface area (Å²) >= 11 is 3.16. The van der Waals surface area contributed by atoms with Crippen LogP contribution in [-0.4, -0.2) is 14.3 Å². The highest BCUT2D eigenvalue weighted by Crippen LogP contribution is 2.19. The van der Waals surface area contributed by atoms with Crippen LogP contribution in [0.3, 0.4) is 0 Å². The number of amides is 1. The van der Waals surface area contributed by atoms with Crippen LogP contribution in [0.25, 0.3) is 0 Å². The Bertz CT molecular complexity index is 930. The number of nitrogens with zero attached hydrogens (tertiary/aromatic N) is 1. The summed E-state index contributed by atoms with van der Waals surface area (Å²) in [7, 11) is -4.04. The summed E-state index contributed by atoms with van der Waals surface area (Å²) < 4.78 is 27.2. The van der Waals surface area contributed by atoms with Crippen molar-refractivity contribution in [1.29, 1.82) is 5.26 Å². The van der Waals surface area contributed by atoms with Crippen molar-refractivity contribution in [1.82, 2.24) is 4.72 Å². The number of rotatable bonds is 5. The molecular formula is C18H17BrN2O3S. The van der Waals surface area contributed by atoms with Crippen LogP contribution in [0.15, 0.2) is 51.8 Å². The molecule has 5 nitrogen and oxygen atoms in total. The van der Waals surface area contributed by atoms with Crippen molar-refractivity contribution in [2.24, 2.45) is 0 Å². The molecule has 7 heteroatoms. The van der Waals surface area contributed by atoms with E-state index < -0.39 is 15.9 Å². The highest BCUT2D eigenvalue weighted by Gasteiger charge is 2.19. The zero-order chi connectivity index (χ0) is 18.6. The van der Waals surface area contributed by atoms with Crippen LogP contribution < -0.4 is 4.72 Å². The second-order valence-corrected chi connectivity index (χ2v) is 8.49. The maximum absolute atomic E-state index is 12.3. The molecule has 1 amide bonds. The van der Waals surface area contributed by atoms with Gasteiger partial charge in [0.1, 0.15) is 0 Å². The lowest BCUT2D eigenvalue weighted by Gasteiger charge is -2.09. The molecule has 2 rings (SSSR count). The lowest BCUT2D eigenvalue weighted by atomic mass is 10.0. The van der Waals surface area contributed by atoms with E-state index in [9.17, 15) is 13.2 Å². The fourth-order valence-electron chi connectivity index (χ4n) is 2.23. The SMILES string of the molecule is CC(C)c1ccc(CC(=O)NS(=O)(=O)c2cc(Br)cc(C#N)c2)cc1. The van der Waals surface area contributed by atoms with Gasteiger partial charge >= 0.3 is 0 Å². The van der Waals surface area contributed by atoms with Gasteiger partial charge in [0.25, 0.3) is 10.0 Å². The van der Waals surface area contributed by atoms with Crippen LogP contribution >= 0.6 is 15.9 Å². The number of carbonyl (C=O) groups excluding carboxylic acids is 1. The summed E-state index contributed by atoms with van der Waals surface area (Å²) in [6, 6.07) is 13.4. The summed E-state index contributed by atoms with van der Waals surface area (Å²) in [5, 5.41) is 8.94. The molecule has 0 bridgehead atoms. The minimum absolute atomic E-state index is 0.0449. The number of benzene rings is 2. The predicted octanol–water partition coefficient (Wildman–Crippen LogP) is 3.49. The first-order valence-electron chi connectivity index (χ1n) is 7.56. The molecule has 2 aromatic carbocycles. The molecule has 0 saturated heterocycles. The van der Waals surface area contributed by atoms with E-state index in [2.05, 4.69) is 29.8 Å². The summed E-state index contributed by atoms with van der Waals surface area (Å²) in [5.74, 6) is -0.245. The average molecular weight is 421 g/mol. The molecule has 0 unspecified atom stereocenters. The Morgan fingerprint density at radius 3 is 2.40 bits per heavy atom. The molecule has 0 aliphatic carbocycles. The van der Waals surface area contributed by atoms with E-state index in [0.29, 0.717) is 10.4 Å². The van der Waals surface area contributed by atoms with Gasteiger partial charge in [-0.15, -0.1) is 0 Å². The summed E-state index contributed by atoms with van der Waals surface area (Å²) in [5.41, 5.74) is 2.06. The molecule has 25 heavy (non-hydrogen) atoms. The van der Waals surface area contributed by atoms with E-state index in [1.54, 1.807) is 0 Å². The average Bonchev–Trinajstić information content (AvgIpc) is 2.54. The van der Waals surface area contributed by atoms with Crippen LogP contribution in [0.4, 0.5) is 0 Å². The first kappa shape index (κ1) is 19.2. The Hall–Kier alpha value is -2.17. The monoisotopic (exact) mass is 420 g/mol. The van der Waals surface area contributed by atoms with E-state index in [1.165, 1.54) is 18.2 Å². The molecule has 0 fully saturated rings. The third-order valence-electron chi connectivity index (χ3n) is 3.57. The normalized spacial score (nSPS) is 11.2. The standard InChI is InChI=1S/C18H17BrN2O3S/c1-12(2)15-5-3-13(4-6-15)9-18(22)21-25(23,24)17-8-14(11-20)7-16(19)10-17/h3-8,10,12H,9H2,1-2H3,(H,21,22). The smallest absolute Gasteiger partial charge is 0.264 e. The maximum Gasteiger partial charge on any atom is 0.264 e. The van der Waals surface area contributed by atoms with Crippen LogP contribution in [0, 0.1) is 11.3 Å². The van der Waals surface area contributed by atoms with Gasteiger partial charge in [-0.25, -0.2) is 13.1 Å². The van der Waals surface area contributed by atoms with E-state index in [0.717, 1.165) is 11.1 Å². The topological polar surface area (TPSA) is 87.0 Å². The van der Waals surface area contributed by atoms with Crippen molar-refractivity contribution in [2.75, 3.05) is 0 Å². The zero-order valence-corrected chi connectivity index (χ0v) is 16.2. The Labute approximate surface area is 155 Å². The largest absolute Gasteiger partial charge is 0.274 e. The Morgan fingerprint density at radius 2 is 1.84 bits per heavy atom. The molecule has 0 spiro atoms. The van der Waals surface area contributed by atoms with Gasteiger partial charge in [-0.1, -0.05) is 54.0 Å². The van der Waals surface area contributed by atoms with Gasteiger partial charge in [0, 0.05) is 4.47 Å². The quantitative estimate of drug-likeness (QED) is 0.801. The fraction of sp³-hybridized carbons (Fsp3) is 0.222. The number of carbonyl (C=O) groups is 1. The lowest BCUT2D eigenvalue weighted by Crippen LogP contribution is -2.31. The number of hydrogen-bond donors (Lipinski definition) is 1. The van der Waals surface area contributed by atoms with Gasteiger partial charge in [0.2, 0.25) is 5.91 Å². The number of nitriles is 1. The van der Waals surface area contributed by atoms with E-state index in [1.807, 2.05) is 35.1 Å². The molecule has 0 aromatic heterocycles. The number of sulfonamides is 1. The van der Waals surface area contributed by atoms with Gasteiger partial charge in [0.15, 0.2) is 0 Å². The maximum atomic E-state index is 12.3. The third-order valence-corrected chi connectivity index (χ3v) is 5.38. The third kappa shape index (κ3) is 5.15. The molecule has 0 heterocycles. The molecule has 2 aromatic rings. The van der Waals surface area contributed by atoms with Crippen LogP contribution in [0.5, 0.6) is 0 Å². The molecule has 0 aliphatic rings. The summed E-state index contributed by atoms with van der Waals surface area (Å²) in [6.45, 7) is 4.14. The van der Waals surface area contributed by atoms with Gasteiger partial charge in [-0.05, 0) is 35.2 Å². The minimum Gasteiger partial charge on any atom is -0.274 e. The molecular weight excluding hydrogens is 404 g/mol. The molecule has 130 valence electrons. The van der Waals surface area contributed by atoms with Crippen molar-refractivity contribution in [3.05, 3.63) is 63.6 Å². The number of hydrogen-bond acceptors (Lipinski definition) is 4. The van der Waals surface area contributed by atoms with Gasteiger partial charge in [-0.2, -0.15) is 5.26 Å². The Balaban J connectivity index is 2.13. The van der Waals surface area contributed by atoms with Crippen LogP contribution in [0.1, 0.15) is 36.5 Å². The highest BCUT2D eigenvalue weighted by molar-refractivity contribution is 9.10. The van der Waals surface area contributed by atoms with Crippen LogP contribution in [-0.2, 0) is 21.2 Å². The van der Waals surface area contributed by atoms with Crippen molar-refractivity contribution in [3.63, 3.8) is 0 Å². The van der Waals surface area contributed by atoms with E-state index >= 15 is 0 Å². The van der Waals surface area contributed by atoms with Gasteiger partial charge < -0.3 is 0 Å². The fourth-order valence-corrected chi connectivity index (χ4v) is 3.93. The molecule has 0 radical (unpaired) electrons. The summed E-state index contributed by atoms with van der Waals surface area (Å²) in [6.07, 6.45) is -0.0449. The zero-order valence-electron chi connectivity index (χ0n) is 13.8. The molecule has 0 atom stereocenters. The molecule has 0 saturated carbocycles. The van der Waals surface area contributed by atoms with E-state index in [-0.39, 0.29) is 16.9 Å². The lowest BCUT2D eigenvalue weighted by molar-refractivity contribution is -0.118. The van der Waals surface area contributed by atoms with Crippen molar-refractivity contribution in [2.45, 2.75) is 31.1 Å². The first-order valence-corrected chi connectivity index (χ1v) is 9.84. The second kappa shape index (κ2) is 7.81. The minimum atomic E-state index is -4.04. The second-order valence-electron chi connectivity index (χ2n) is 5.89. The Kier molecular flexibility index (Phi) is 5.98. The summed E-state index contributed by atoms with van der Waals surface area (Å²) in [4.78, 5) is 12.0. The molecule has 1 N–H and O–H groups in total. The van der Waals surface area contributed by atoms with E-state index in [4.69, 9.17) is 5.26 Å². The Morgan fingerprint density at radius 1 is 1.20 bits per heavy atom. The molecule has 0 aliphatic heterocycles. The first-order chi connectivity index (χ1) is 11.7. The number of nitrogens with one attached hydrogen (secondary N) is 1. The number of halogens is 1. The van der Waals surface area contributed by atoms with Crippen molar-refractivity contribution < 1.29 is 13.2 Å². The van der Waals surface area contributed by atoms with Crippen molar-refractivity contribution >= 4 is 31.9 Å². The highest BCUT2D eigenvalue weighted by atomic mass is 79.9. The van der Waals surface area contributed by atoms with Gasteiger partial charge in [-0.3, -0.25) is 4.79 Å². The van der Waals surface area contributed by atoms with Gasteiger partial charge in [0.05, 0.1) is 22.9 Å². The van der Waals surface area contributed by atoms with Crippen LogP contribution in [0.2, 0.25) is 0 Å².